The van der Waals surface area contributed by atoms with Gasteiger partial charge in [-0.2, -0.15) is 0 Å². The van der Waals surface area contributed by atoms with Gasteiger partial charge in [0.15, 0.2) is 0 Å². The number of aromatic nitrogens is 1. The van der Waals surface area contributed by atoms with E-state index in [2.05, 4.69) is 9.88 Å². The van der Waals surface area contributed by atoms with Crippen LogP contribution >= 0.6 is 0 Å². The number of likely N-dealkylation sites (tertiary alicyclic amines) is 1. The molecule has 5 heteroatoms. The minimum absolute atomic E-state index is 0.101. The second-order valence-electron chi connectivity index (χ2n) is 7.79. The van der Waals surface area contributed by atoms with Crippen molar-refractivity contribution < 1.29 is 9.53 Å². The summed E-state index contributed by atoms with van der Waals surface area (Å²) in [5.74, 6) is 0.103. The lowest BCUT2D eigenvalue weighted by atomic mass is 10.1. The minimum Gasteiger partial charge on any atom is -0.375 e. The zero-order valence-corrected chi connectivity index (χ0v) is 16.2. The van der Waals surface area contributed by atoms with Crippen molar-refractivity contribution in [1.82, 2.24) is 14.8 Å². The molecular formula is C22H29N3O2. The van der Waals surface area contributed by atoms with Crippen LogP contribution in [0.5, 0.6) is 0 Å². The lowest BCUT2D eigenvalue weighted by Crippen LogP contribution is -2.44. The number of hydrogen-bond acceptors (Lipinski definition) is 4. The van der Waals surface area contributed by atoms with Gasteiger partial charge in [-0.25, -0.2) is 0 Å². The molecule has 0 aliphatic carbocycles. The quantitative estimate of drug-likeness (QED) is 0.835. The first-order chi connectivity index (χ1) is 13.2. The fraction of sp³-hybridized carbons (Fsp3) is 0.545. The van der Waals surface area contributed by atoms with E-state index in [-0.39, 0.29) is 12.0 Å². The summed E-state index contributed by atoms with van der Waals surface area (Å²) in [7, 11) is 0. The van der Waals surface area contributed by atoms with Crippen LogP contribution in [0.4, 0.5) is 0 Å². The third-order valence-corrected chi connectivity index (χ3v) is 5.62. The number of nitrogens with zero attached hydrogens (tertiary/aromatic N) is 3. The van der Waals surface area contributed by atoms with Gasteiger partial charge in [-0.1, -0.05) is 24.6 Å². The minimum atomic E-state index is 0.101. The van der Waals surface area contributed by atoms with Crippen molar-refractivity contribution in [3.8, 4) is 0 Å². The molecular weight excluding hydrogens is 338 g/mol. The molecule has 0 spiro atoms. The fourth-order valence-electron chi connectivity index (χ4n) is 4.28. The molecule has 1 aromatic carbocycles. The second-order valence-corrected chi connectivity index (χ2v) is 7.79. The van der Waals surface area contributed by atoms with Crippen LogP contribution in [0.1, 0.15) is 41.7 Å². The molecule has 2 saturated heterocycles. The summed E-state index contributed by atoms with van der Waals surface area (Å²) in [6, 6.07) is 9.84. The Balaban J connectivity index is 1.53. The van der Waals surface area contributed by atoms with Crippen molar-refractivity contribution in [3.63, 3.8) is 0 Å². The zero-order valence-electron chi connectivity index (χ0n) is 16.2. The van der Waals surface area contributed by atoms with Gasteiger partial charge in [-0.15, -0.1) is 0 Å². The smallest absolute Gasteiger partial charge is 0.254 e. The number of amides is 1. The maximum Gasteiger partial charge on any atom is 0.254 e. The summed E-state index contributed by atoms with van der Waals surface area (Å²) in [6.45, 7) is 7.35. The summed E-state index contributed by atoms with van der Waals surface area (Å²) >= 11 is 0. The van der Waals surface area contributed by atoms with Crippen molar-refractivity contribution in [2.24, 2.45) is 0 Å². The second kappa shape index (κ2) is 8.36. The van der Waals surface area contributed by atoms with Crippen molar-refractivity contribution in [2.75, 3.05) is 39.3 Å². The monoisotopic (exact) mass is 367 g/mol. The Morgan fingerprint density at radius 1 is 1.15 bits per heavy atom. The molecule has 2 fully saturated rings. The first-order valence-electron chi connectivity index (χ1n) is 10.2. The van der Waals surface area contributed by atoms with Gasteiger partial charge in [0.25, 0.3) is 5.91 Å². The van der Waals surface area contributed by atoms with Gasteiger partial charge in [0, 0.05) is 37.3 Å². The SMILES string of the molecule is Cc1cc(C(=O)N2CCCO[C@@H](CN3CCCCC3)C2)c2ccccc2n1. The van der Waals surface area contributed by atoms with Crippen LogP contribution in [0.2, 0.25) is 0 Å². The molecule has 0 bridgehead atoms. The maximum absolute atomic E-state index is 13.4. The third-order valence-electron chi connectivity index (χ3n) is 5.62. The molecule has 0 radical (unpaired) electrons. The van der Waals surface area contributed by atoms with Crippen LogP contribution < -0.4 is 0 Å². The number of carbonyl (C=O) groups is 1. The predicted molar refractivity (Wildman–Crippen MR) is 107 cm³/mol. The highest BCUT2D eigenvalue weighted by Gasteiger charge is 2.26. The molecule has 1 aromatic heterocycles. The number of para-hydroxylation sites is 1. The van der Waals surface area contributed by atoms with Crippen LogP contribution in [0, 0.1) is 6.92 Å². The van der Waals surface area contributed by atoms with E-state index in [1.807, 2.05) is 42.2 Å². The zero-order chi connectivity index (χ0) is 18.6. The Morgan fingerprint density at radius 2 is 1.96 bits per heavy atom. The highest BCUT2D eigenvalue weighted by Crippen LogP contribution is 2.21. The van der Waals surface area contributed by atoms with E-state index < -0.39 is 0 Å². The largest absolute Gasteiger partial charge is 0.375 e. The van der Waals surface area contributed by atoms with Crippen LogP contribution in [0.15, 0.2) is 30.3 Å². The first kappa shape index (κ1) is 18.4. The summed E-state index contributed by atoms with van der Waals surface area (Å²) in [5.41, 5.74) is 2.53. The molecule has 4 rings (SSSR count). The Labute approximate surface area is 161 Å². The third kappa shape index (κ3) is 4.30. The van der Waals surface area contributed by atoms with Crippen LogP contribution in [-0.4, -0.2) is 66.1 Å². The van der Waals surface area contributed by atoms with Crippen molar-refractivity contribution in [3.05, 3.63) is 41.6 Å². The molecule has 0 unspecified atom stereocenters. The number of hydrogen-bond donors (Lipinski definition) is 0. The number of pyridine rings is 1. The van der Waals surface area contributed by atoms with E-state index in [0.717, 1.165) is 61.4 Å². The fourth-order valence-corrected chi connectivity index (χ4v) is 4.28. The number of rotatable bonds is 3. The van der Waals surface area contributed by atoms with Crippen LogP contribution in [0.3, 0.4) is 0 Å². The lowest BCUT2D eigenvalue weighted by Gasteiger charge is -2.31. The molecule has 0 N–H and O–H groups in total. The Hall–Kier alpha value is -1.98. The lowest BCUT2D eigenvalue weighted by molar-refractivity contribution is 0.0217. The Morgan fingerprint density at radius 3 is 2.81 bits per heavy atom. The van der Waals surface area contributed by atoms with Gasteiger partial charge in [0.2, 0.25) is 0 Å². The molecule has 144 valence electrons. The Kier molecular flexibility index (Phi) is 5.69. The number of piperidine rings is 1. The molecule has 1 atom stereocenters. The number of benzene rings is 1. The summed E-state index contributed by atoms with van der Waals surface area (Å²) in [6.07, 6.45) is 4.88. The van der Waals surface area contributed by atoms with Crippen molar-refractivity contribution in [2.45, 2.75) is 38.7 Å². The van der Waals surface area contributed by atoms with Gasteiger partial charge in [0.05, 0.1) is 17.2 Å². The molecule has 3 heterocycles. The van der Waals surface area contributed by atoms with E-state index in [9.17, 15) is 4.79 Å². The van der Waals surface area contributed by atoms with E-state index in [4.69, 9.17) is 4.74 Å². The van der Waals surface area contributed by atoms with E-state index in [1.165, 1.54) is 19.3 Å². The average molecular weight is 367 g/mol. The van der Waals surface area contributed by atoms with Gasteiger partial charge in [-0.05, 0) is 51.4 Å². The maximum atomic E-state index is 13.4. The highest BCUT2D eigenvalue weighted by atomic mass is 16.5. The molecule has 2 aromatic rings. The summed E-state index contributed by atoms with van der Waals surface area (Å²) < 4.78 is 6.09. The van der Waals surface area contributed by atoms with Gasteiger partial charge in [0.1, 0.15) is 0 Å². The topological polar surface area (TPSA) is 45.7 Å². The molecule has 5 nitrogen and oxygen atoms in total. The van der Waals surface area contributed by atoms with Crippen LogP contribution in [-0.2, 0) is 4.74 Å². The van der Waals surface area contributed by atoms with Crippen molar-refractivity contribution in [1.29, 1.82) is 0 Å². The predicted octanol–water partition coefficient (Wildman–Crippen LogP) is 3.26. The molecule has 1 amide bonds. The van der Waals surface area contributed by atoms with Gasteiger partial charge in [-0.3, -0.25) is 9.78 Å². The van der Waals surface area contributed by atoms with Crippen molar-refractivity contribution >= 4 is 16.8 Å². The molecule has 27 heavy (non-hydrogen) atoms. The number of ether oxygens (including phenoxy) is 1. The Bertz CT molecular complexity index is 801. The van der Waals surface area contributed by atoms with E-state index in [0.29, 0.717) is 6.54 Å². The van der Waals surface area contributed by atoms with Crippen LogP contribution in [0.25, 0.3) is 10.9 Å². The summed E-state index contributed by atoms with van der Waals surface area (Å²) in [5, 5.41) is 0.936. The number of aryl methyl sites for hydroxylation is 1. The number of fused-ring (bicyclic) bond motifs is 1. The van der Waals surface area contributed by atoms with Gasteiger partial charge >= 0.3 is 0 Å². The van der Waals surface area contributed by atoms with E-state index >= 15 is 0 Å². The standard InChI is InChI=1S/C22H29N3O2/c1-17-14-20(19-8-3-4-9-21(19)23-17)22(26)25-12-7-13-27-18(16-25)15-24-10-5-2-6-11-24/h3-4,8-9,14,18H,2,5-7,10-13,15-16H2,1H3/t18-/m0/s1. The molecule has 2 aliphatic heterocycles. The first-order valence-corrected chi connectivity index (χ1v) is 10.2. The average Bonchev–Trinajstić information content (AvgIpc) is 2.93. The molecule has 0 saturated carbocycles. The summed E-state index contributed by atoms with van der Waals surface area (Å²) in [4.78, 5) is 22.4. The number of carbonyl (C=O) groups excluding carboxylic acids is 1. The molecule has 2 aliphatic rings. The highest BCUT2D eigenvalue weighted by molar-refractivity contribution is 6.06. The van der Waals surface area contributed by atoms with E-state index in [1.54, 1.807) is 0 Å². The normalized spacial score (nSPS) is 22.0. The van der Waals surface area contributed by atoms with Gasteiger partial charge < -0.3 is 14.5 Å².